The summed E-state index contributed by atoms with van der Waals surface area (Å²) in [6.07, 6.45) is 1.86. The molecule has 0 fully saturated rings. The van der Waals surface area contributed by atoms with E-state index in [1.165, 1.54) is 12.3 Å². The summed E-state index contributed by atoms with van der Waals surface area (Å²) in [5.41, 5.74) is 5.23. The van der Waals surface area contributed by atoms with Crippen molar-refractivity contribution in [2.75, 3.05) is 0 Å². The van der Waals surface area contributed by atoms with Crippen LogP contribution in [0.1, 0.15) is 15.5 Å². The SMILES string of the molecule is [2H]C1([2H])C=C(N)N=CC1. The monoisotopic (exact) mass is 98.1 g/mol. The van der Waals surface area contributed by atoms with Gasteiger partial charge >= 0.3 is 0 Å². The molecule has 1 rings (SSSR count). The van der Waals surface area contributed by atoms with Crippen molar-refractivity contribution in [2.24, 2.45) is 10.7 Å². The number of nitrogens with two attached hydrogens (primary N) is 1. The maximum Gasteiger partial charge on any atom is 0.118 e. The van der Waals surface area contributed by atoms with E-state index in [1.807, 2.05) is 0 Å². The van der Waals surface area contributed by atoms with Gasteiger partial charge < -0.3 is 5.73 Å². The average molecular weight is 98.1 g/mol. The lowest BCUT2D eigenvalue weighted by molar-refractivity contribution is 1.03. The largest absolute Gasteiger partial charge is 0.384 e. The third-order valence-electron chi connectivity index (χ3n) is 0.699. The summed E-state index contributed by atoms with van der Waals surface area (Å²) in [7, 11) is 0. The van der Waals surface area contributed by atoms with Crippen LogP contribution in [0.15, 0.2) is 16.9 Å². The molecule has 38 valence electrons. The van der Waals surface area contributed by atoms with Gasteiger partial charge in [-0.05, 0) is 18.9 Å². The van der Waals surface area contributed by atoms with Gasteiger partial charge in [0.25, 0.3) is 0 Å². The second-order valence-corrected chi connectivity index (χ2v) is 1.29. The first-order valence-electron chi connectivity index (χ1n) is 3.11. The van der Waals surface area contributed by atoms with Crippen LogP contribution in [0.25, 0.3) is 0 Å². The average Bonchev–Trinajstić information content (AvgIpc) is 1.60. The number of nitrogens with zero attached hydrogens (tertiary/aromatic N) is 1. The standard InChI is InChI=1S/C5H8N2/c6-5-3-1-2-4-7-5/h3-4H,1-2,6H2/i1D2. The minimum absolute atomic E-state index is 0.270. The molecular formula is C5H8N2. The van der Waals surface area contributed by atoms with Crippen molar-refractivity contribution < 1.29 is 2.74 Å². The van der Waals surface area contributed by atoms with Gasteiger partial charge in [-0.15, -0.1) is 0 Å². The molecule has 0 spiro atoms. The Morgan fingerprint density at radius 2 is 2.86 bits per heavy atom. The zero-order chi connectivity index (χ0) is 6.91. The van der Waals surface area contributed by atoms with Gasteiger partial charge in [-0.3, -0.25) is 0 Å². The summed E-state index contributed by atoms with van der Waals surface area (Å²) in [6.45, 7) is 0. The molecule has 0 bridgehead atoms. The fourth-order valence-electron chi connectivity index (χ4n) is 0.405. The lowest BCUT2D eigenvalue weighted by atomic mass is 10.3. The molecule has 2 nitrogen and oxygen atoms in total. The smallest absolute Gasteiger partial charge is 0.118 e. The van der Waals surface area contributed by atoms with Gasteiger partial charge in [0.05, 0.1) is 0 Å². The van der Waals surface area contributed by atoms with E-state index < -0.39 is 6.37 Å². The van der Waals surface area contributed by atoms with E-state index in [1.54, 1.807) is 0 Å². The maximum atomic E-state index is 7.18. The first-order valence-corrected chi connectivity index (χ1v) is 2.11. The highest BCUT2D eigenvalue weighted by Crippen LogP contribution is 1.98. The van der Waals surface area contributed by atoms with Crippen LogP contribution in [0.3, 0.4) is 0 Å². The Morgan fingerprint density at radius 1 is 2.00 bits per heavy atom. The van der Waals surface area contributed by atoms with Gasteiger partial charge in [-0.1, -0.05) is 0 Å². The quantitative estimate of drug-likeness (QED) is 0.474. The molecule has 0 aromatic heterocycles. The number of rotatable bonds is 0. The Bertz CT molecular complexity index is 172. The second-order valence-electron chi connectivity index (χ2n) is 1.29. The molecule has 0 aromatic carbocycles. The van der Waals surface area contributed by atoms with Gasteiger partial charge in [-0.2, -0.15) is 0 Å². The van der Waals surface area contributed by atoms with Crippen molar-refractivity contribution in [3.05, 3.63) is 11.9 Å². The fraction of sp³-hybridized carbons (Fsp3) is 0.400. The molecule has 1 heterocycles. The molecule has 0 radical (unpaired) electrons. The van der Waals surface area contributed by atoms with Gasteiger partial charge in [0.1, 0.15) is 5.82 Å². The van der Waals surface area contributed by atoms with Crippen LogP contribution in [0.2, 0.25) is 0 Å². The van der Waals surface area contributed by atoms with Crippen LogP contribution in [0.4, 0.5) is 0 Å². The first-order chi connectivity index (χ1) is 4.10. The number of aliphatic imine (C=N–C) groups is 1. The number of hydrogen-bond acceptors (Lipinski definition) is 2. The molecule has 0 saturated heterocycles. The molecule has 2 heteroatoms. The number of hydrogen-bond donors (Lipinski definition) is 1. The van der Waals surface area contributed by atoms with Crippen LogP contribution in [-0.4, -0.2) is 6.21 Å². The van der Waals surface area contributed by atoms with E-state index in [9.17, 15) is 0 Å². The highest BCUT2D eigenvalue weighted by molar-refractivity contribution is 5.60. The third kappa shape index (κ3) is 1.03. The van der Waals surface area contributed by atoms with Gasteiger partial charge in [0.15, 0.2) is 0 Å². The summed E-state index contributed by atoms with van der Waals surface area (Å²) in [5.74, 6) is 0.270. The van der Waals surface area contributed by atoms with Crippen LogP contribution in [-0.2, 0) is 0 Å². The van der Waals surface area contributed by atoms with Crippen molar-refractivity contribution in [3.63, 3.8) is 0 Å². The Hall–Kier alpha value is -0.790. The zero-order valence-electron chi connectivity index (χ0n) is 5.89. The molecule has 0 saturated carbocycles. The van der Waals surface area contributed by atoms with Crippen LogP contribution in [0.5, 0.6) is 0 Å². The van der Waals surface area contributed by atoms with Crippen LogP contribution >= 0.6 is 0 Å². The van der Waals surface area contributed by atoms with Crippen molar-refractivity contribution in [3.8, 4) is 0 Å². The predicted octanol–water partition coefficient (Wildman–Crippen LogP) is 0.651. The van der Waals surface area contributed by atoms with E-state index in [4.69, 9.17) is 8.48 Å². The summed E-state index contributed by atoms with van der Waals surface area (Å²) in [4.78, 5) is 3.70. The Kier molecular flexibility index (Phi) is 0.635. The Morgan fingerprint density at radius 3 is 3.29 bits per heavy atom. The maximum absolute atomic E-state index is 7.18. The third-order valence-corrected chi connectivity index (χ3v) is 0.699. The minimum Gasteiger partial charge on any atom is -0.384 e. The summed E-state index contributed by atoms with van der Waals surface area (Å²) >= 11 is 0. The molecule has 7 heavy (non-hydrogen) atoms. The van der Waals surface area contributed by atoms with Crippen LogP contribution < -0.4 is 5.73 Å². The molecular weight excluding hydrogens is 88.1 g/mol. The van der Waals surface area contributed by atoms with E-state index in [-0.39, 0.29) is 5.82 Å². The topological polar surface area (TPSA) is 38.4 Å². The second kappa shape index (κ2) is 1.78. The molecule has 0 unspecified atom stereocenters. The van der Waals surface area contributed by atoms with Gasteiger partial charge in [0, 0.05) is 8.96 Å². The summed E-state index contributed by atoms with van der Waals surface area (Å²) in [5, 5.41) is 0. The highest BCUT2D eigenvalue weighted by atomic mass is 14.9. The van der Waals surface area contributed by atoms with Gasteiger partial charge in [0.2, 0.25) is 0 Å². The zero-order valence-corrected chi connectivity index (χ0v) is 3.89. The van der Waals surface area contributed by atoms with Crippen molar-refractivity contribution in [2.45, 2.75) is 12.8 Å². The van der Waals surface area contributed by atoms with E-state index in [2.05, 4.69) is 4.99 Å². The molecule has 1 aliphatic rings. The normalized spacial score (nSPS) is 30.6. The van der Waals surface area contributed by atoms with Crippen LogP contribution in [0, 0.1) is 0 Å². The first kappa shape index (κ1) is 2.50. The minimum atomic E-state index is -1.29. The van der Waals surface area contributed by atoms with Crippen molar-refractivity contribution >= 4 is 6.21 Å². The molecule has 1 aliphatic heterocycles. The molecule has 0 aromatic rings. The number of allylic oxidation sites excluding steroid dienone is 1. The fourth-order valence-corrected chi connectivity index (χ4v) is 0.405. The van der Waals surface area contributed by atoms with Gasteiger partial charge in [-0.25, -0.2) is 4.99 Å². The lowest BCUT2D eigenvalue weighted by Gasteiger charge is -1.96. The molecule has 2 N–H and O–H groups in total. The highest BCUT2D eigenvalue weighted by Gasteiger charge is 1.88. The summed E-state index contributed by atoms with van der Waals surface area (Å²) < 4.78 is 14.4. The predicted molar refractivity (Wildman–Crippen MR) is 30.0 cm³/mol. The van der Waals surface area contributed by atoms with Crippen molar-refractivity contribution in [1.29, 1.82) is 0 Å². The molecule has 0 atom stereocenters. The molecule has 0 aliphatic carbocycles. The van der Waals surface area contributed by atoms with E-state index in [0.717, 1.165) is 0 Å². The summed E-state index contributed by atoms with van der Waals surface area (Å²) in [6, 6.07) is 0. The Balaban J connectivity index is 2.78. The van der Waals surface area contributed by atoms with E-state index in [0.29, 0.717) is 6.42 Å². The van der Waals surface area contributed by atoms with Crippen molar-refractivity contribution in [1.82, 2.24) is 0 Å². The molecule has 0 amide bonds. The van der Waals surface area contributed by atoms with E-state index >= 15 is 0 Å². The Labute approximate surface area is 45.5 Å². The lowest BCUT2D eigenvalue weighted by Crippen LogP contribution is -1.97.